The van der Waals surface area contributed by atoms with Crippen LogP contribution in [0.2, 0.25) is 0 Å². The van der Waals surface area contributed by atoms with Crippen LogP contribution < -0.4 is 10.6 Å². The molecular weight excluding hydrogens is 196 g/mol. The Morgan fingerprint density at radius 3 is 2.38 bits per heavy atom. The first kappa shape index (κ1) is 15.5. The van der Waals surface area contributed by atoms with Crippen molar-refractivity contribution >= 4 is 0 Å². The highest BCUT2D eigenvalue weighted by Gasteiger charge is 2.07. The van der Waals surface area contributed by atoms with Crippen molar-refractivity contribution in [2.24, 2.45) is 5.92 Å². The lowest BCUT2D eigenvalue weighted by Gasteiger charge is -2.19. The predicted molar refractivity (Wildman–Crippen MR) is 73.6 cm³/mol. The van der Waals surface area contributed by atoms with E-state index in [1.165, 1.54) is 25.7 Å². The van der Waals surface area contributed by atoms with Crippen LogP contribution in [-0.4, -0.2) is 19.6 Å². The summed E-state index contributed by atoms with van der Waals surface area (Å²) in [6.07, 6.45) is 6.25. The Hall–Kier alpha value is -0.500. The highest BCUT2D eigenvalue weighted by atomic mass is 15.0. The van der Waals surface area contributed by atoms with E-state index in [1.807, 2.05) is 7.05 Å². The molecule has 0 aliphatic heterocycles. The van der Waals surface area contributed by atoms with E-state index in [1.54, 1.807) is 0 Å². The Morgan fingerprint density at radius 2 is 1.88 bits per heavy atom. The lowest BCUT2D eigenvalue weighted by atomic mass is 10.1. The van der Waals surface area contributed by atoms with Crippen molar-refractivity contribution in [1.82, 2.24) is 10.6 Å². The van der Waals surface area contributed by atoms with Crippen LogP contribution in [0, 0.1) is 5.92 Å². The predicted octanol–water partition coefficient (Wildman–Crippen LogP) is 3.30. The third kappa shape index (κ3) is 7.75. The smallest absolute Gasteiger partial charge is 0.0460 e. The third-order valence-electron chi connectivity index (χ3n) is 2.91. The molecule has 0 fully saturated rings. The molecular formula is C14H30N2. The van der Waals surface area contributed by atoms with Gasteiger partial charge in [-0.25, -0.2) is 0 Å². The van der Waals surface area contributed by atoms with Gasteiger partial charge in [-0.2, -0.15) is 0 Å². The molecule has 0 saturated carbocycles. The minimum atomic E-state index is 0.426. The van der Waals surface area contributed by atoms with Gasteiger partial charge in [-0.05, 0) is 25.8 Å². The Kier molecular flexibility index (Phi) is 9.40. The number of hydrogen-bond donors (Lipinski definition) is 2. The van der Waals surface area contributed by atoms with E-state index in [2.05, 4.69) is 38.0 Å². The minimum Gasteiger partial charge on any atom is -0.388 e. The summed E-state index contributed by atoms with van der Waals surface area (Å²) in [6.45, 7) is 11.9. The first-order valence-corrected chi connectivity index (χ1v) is 6.71. The van der Waals surface area contributed by atoms with Gasteiger partial charge < -0.3 is 10.6 Å². The van der Waals surface area contributed by atoms with Crippen molar-refractivity contribution in [2.75, 3.05) is 13.6 Å². The van der Waals surface area contributed by atoms with Crippen LogP contribution in [0.4, 0.5) is 0 Å². The SMILES string of the molecule is C=C(NCCCCC(C)C)C(CCC)NC. The van der Waals surface area contributed by atoms with E-state index in [4.69, 9.17) is 0 Å². The van der Waals surface area contributed by atoms with E-state index in [0.717, 1.165) is 24.6 Å². The number of unbranched alkanes of at least 4 members (excludes halogenated alkanes) is 1. The van der Waals surface area contributed by atoms with Crippen LogP contribution in [0.15, 0.2) is 12.3 Å². The summed E-state index contributed by atoms with van der Waals surface area (Å²) >= 11 is 0. The van der Waals surface area contributed by atoms with E-state index in [0.29, 0.717) is 6.04 Å². The van der Waals surface area contributed by atoms with E-state index in [9.17, 15) is 0 Å². The number of rotatable bonds is 10. The number of hydrogen-bond acceptors (Lipinski definition) is 2. The number of likely N-dealkylation sites (N-methyl/N-ethyl adjacent to an activating group) is 1. The lowest BCUT2D eigenvalue weighted by molar-refractivity contribution is 0.508. The van der Waals surface area contributed by atoms with Gasteiger partial charge in [0, 0.05) is 18.3 Å². The van der Waals surface area contributed by atoms with Crippen molar-refractivity contribution in [1.29, 1.82) is 0 Å². The highest BCUT2D eigenvalue weighted by Crippen LogP contribution is 2.07. The van der Waals surface area contributed by atoms with Gasteiger partial charge in [-0.3, -0.25) is 0 Å². The standard InChI is InChI=1S/C14H30N2/c1-6-9-14(15-5)13(4)16-11-8-7-10-12(2)3/h12,14-16H,4,6-11H2,1-3,5H3. The first-order chi connectivity index (χ1) is 7.61. The number of nitrogens with one attached hydrogen (secondary N) is 2. The van der Waals surface area contributed by atoms with Gasteiger partial charge in [0.15, 0.2) is 0 Å². The van der Waals surface area contributed by atoms with Gasteiger partial charge >= 0.3 is 0 Å². The molecule has 0 bridgehead atoms. The normalized spacial score (nSPS) is 12.8. The average Bonchev–Trinajstić information content (AvgIpc) is 2.24. The molecule has 0 heterocycles. The van der Waals surface area contributed by atoms with Crippen LogP contribution in [0.25, 0.3) is 0 Å². The molecule has 2 heteroatoms. The van der Waals surface area contributed by atoms with Gasteiger partial charge in [-0.1, -0.05) is 46.6 Å². The Bertz CT molecular complexity index is 176. The Balaban J connectivity index is 3.55. The first-order valence-electron chi connectivity index (χ1n) is 6.71. The molecule has 0 radical (unpaired) electrons. The summed E-state index contributed by atoms with van der Waals surface area (Å²) in [5, 5.41) is 6.74. The quantitative estimate of drug-likeness (QED) is 0.559. The van der Waals surface area contributed by atoms with E-state index >= 15 is 0 Å². The second kappa shape index (κ2) is 9.71. The molecule has 1 atom stereocenters. The molecule has 0 aliphatic rings. The molecule has 96 valence electrons. The zero-order valence-corrected chi connectivity index (χ0v) is 11.6. The molecule has 0 spiro atoms. The van der Waals surface area contributed by atoms with Crippen LogP contribution in [-0.2, 0) is 0 Å². The Morgan fingerprint density at radius 1 is 1.19 bits per heavy atom. The fraction of sp³-hybridized carbons (Fsp3) is 0.857. The highest BCUT2D eigenvalue weighted by molar-refractivity contribution is 5.02. The van der Waals surface area contributed by atoms with Crippen molar-refractivity contribution < 1.29 is 0 Å². The van der Waals surface area contributed by atoms with Crippen LogP contribution >= 0.6 is 0 Å². The topological polar surface area (TPSA) is 24.1 Å². The molecule has 0 aromatic rings. The summed E-state index contributed by atoms with van der Waals surface area (Å²) in [7, 11) is 2.01. The van der Waals surface area contributed by atoms with Crippen molar-refractivity contribution in [3.8, 4) is 0 Å². The second-order valence-corrected chi connectivity index (χ2v) is 4.97. The summed E-state index contributed by atoms with van der Waals surface area (Å²) < 4.78 is 0. The largest absolute Gasteiger partial charge is 0.388 e. The molecule has 2 N–H and O–H groups in total. The summed E-state index contributed by atoms with van der Waals surface area (Å²) in [6, 6.07) is 0.426. The van der Waals surface area contributed by atoms with E-state index < -0.39 is 0 Å². The van der Waals surface area contributed by atoms with Crippen LogP contribution in [0.3, 0.4) is 0 Å². The monoisotopic (exact) mass is 226 g/mol. The Labute approximate surface area is 102 Å². The van der Waals surface area contributed by atoms with Gasteiger partial charge in [-0.15, -0.1) is 0 Å². The summed E-state index contributed by atoms with van der Waals surface area (Å²) in [5.41, 5.74) is 1.15. The molecule has 0 aliphatic carbocycles. The fourth-order valence-corrected chi connectivity index (χ4v) is 1.83. The molecule has 2 nitrogen and oxygen atoms in total. The van der Waals surface area contributed by atoms with Crippen LogP contribution in [0.5, 0.6) is 0 Å². The molecule has 0 aromatic heterocycles. The molecule has 0 saturated heterocycles. The van der Waals surface area contributed by atoms with Crippen LogP contribution in [0.1, 0.15) is 52.9 Å². The van der Waals surface area contributed by atoms with Gasteiger partial charge in [0.1, 0.15) is 0 Å². The molecule has 0 rings (SSSR count). The van der Waals surface area contributed by atoms with Gasteiger partial charge in [0.05, 0.1) is 0 Å². The molecule has 0 amide bonds. The van der Waals surface area contributed by atoms with E-state index in [-0.39, 0.29) is 0 Å². The van der Waals surface area contributed by atoms with Crippen molar-refractivity contribution in [3.63, 3.8) is 0 Å². The minimum absolute atomic E-state index is 0.426. The molecule has 0 aromatic carbocycles. The zero-order valence-electron chi connectivity index (χ0n) is 11.6. The van der Waals surface area contributed by atoms with Gasteiger partial charge in [0.2, 0.25) is 0 Å². The van der Waals surface area contributed by atoms with Crippen molar-refractivity contribution in [2.45, 2.75) is 58.9 Å². The van der Waals surface area contributed by atoms with Gasteiger partial charge in [0.25, 0.3) is 0 Å². The molecule has 1 unspecified atom stereocenters. The second-order valence-electron chi connectivity index (χ2n) is 4.97. The summed E-state index contributed by atoms with van der Waals surface area (Å²) in [5.74, 6) is 0.827. The lowest BCUT2D eigenvalue weighted by Crippen LogP contribution is -2.34. The summed E-state index contributed by atoms with van der Waals surface area (Å²) in [4.78, 5) is 0. The molecule has 16 heavy (non-hydrogen) atoms. The third-order valence-corrected chi connectivity index (χ3v) is 2.91. The fourth-order valence-electron chi connectivity index (χ4n) is 1.83. The maximum absolute atomic E-state index is 4.10. The maximum atomic E-state index is 4.10. The zero-order chi connectivity index (χ0) is 12.4. The maximum Gasteiger partial charge on any atom is 0.0460 e. The average molecular weight is 226 g/mol. The van der Waals surface area contributed by atoms with Crippen molar-refractivity contribution in [3.05, 3.63) is 12.3 Å².